The molecule has 3 rings (SSSR count). The van der Waals surface area contributed by atoms with Crippen LogP contribution in [0.25, 0.3) is 0 Å². The second-order valence-corrected chi connectivity index (χ2v) is 12.6. The van der Waals surface area contributed by atoms with E-state index in [1.54, 1.807) is 0 Å². The largest absolute Gasteiger partial charge is 0.300 e. The Bertz CT molecular complexity index is 539. The molecule has 3 saturated heterocycles. The minimum Gasteiger partial charge on any atom is -0.300 e. The lowest BCUT2D eigenvalue weighted by Gasteiger charge is -2.46. The normalized spacial score (nSPS) is 33.0. The highest BCUT2D eigenvalue weighted by Gasteiger charge is 2.59. The lowest BCUT2D eigenvalue weighted by molar-refractivity contribution is -0.0389. The molecular weight excluding hydrogens is 349 g/mol. The summed E-state index contributed by atoms with van der Waals surface area (Å²) in [6, 6.07) is 2.09. The fraction of sp³-hybridized carbons (Fsp3) is 1.00. The van der Waals surface area contributed by atoms with Crippen LogP contribution in [0.2, 0.25) is 0 Å². The number of hydrogen-bond acceptors (Lipinski definition) is 3. The SMILES string of the molecule is CC(CCC(C)(C)N1C[C@@H]2[C@H](C1)N2C(C)(C)C)N1CCC(F)(C(C)(C)C)CC1. The van der Waals surface area contributed by atoms with Crippen molar-refractivity contribution in [2.24, 2.45) is 5.41 Å². The van der Waals surface area contributed by atoms with Crippen molar-refractivity contribution in [1.29, 1.82) is 0 Å². The lowest BCUT2D eigenvalue weighted by atomic mass is 9.72. The fourth-order valence-corrected chi connectivity index (χ4v) is 5.74. The number of hydrogen-bond donors (Lipinski definition) is 0. The molecule has 3 nitrogen and oxygen atoms in total. The molecule has 0 spiro atoms. The van der Waals surface area contributed by atoms with Gasteiger partial charge in [-0.3, -0.25) is 9.80 Å². The molecule has 0 N–H and O–H groups in total. The summed E-state index contributed by atoms with van der Waals surface area (Å²) in [5.41, 5.74) is -0.677. The molecule has 28 heavy (non-hydrogen) atoms. The Morgan fingerprint density at radius 3 is 1.86 bits per heavy atom. The van der Waals surface area contributed by atoms with Crippen LogP contribution in [0.5, 0.6) is 0 Å². The van der Waals surface area contributed by atoms with Crippen LogP contribution in [-0.2, 0) is 0 Å². The van der Waals surface area contributed by atoms with E-state index in [-0.39, 0.29) is 11.0 Å². The summed E-state index contributed by atoms with van der Waals surface area (Å²) >= 11 is 0. The molecule has 0 amide bonds. The Morgan fingerprint density at radius 2 is 1.43 bits per heavy atom. The molecule has 0 aromatic rings. The molecule has 4 atom stereocenters. The van der Waals surface area contributed by atoms with Crippen LogP contribution in [0.4, 0.5) is 4.39 Å². The van der Waals surface area contributed by atoms with E-state index in [1.807, 2.05) is 0 Å². The van der Waals surface area contributed by atoms with Crippen LogP contribution in [0, 0.1) is 5.41 Å². The average Bonchev–Trinajstić information content (AvgIpc) is 3.09. The van der Waals surface area contributed by atoms with Crippen LogP contribution in [0.3, 0.4) is 0 Å². The van der Waals surface area contributed by atoms with Crippen molar-refractivity contribution in [1.82, 2.24) is 14.7 Å². The van der Waals surface area contributed by atoms with Crippen molar-refractivity contribution in [3.05, 3.63) is 0 Å². The van der Waals surface area contributed by atoms with E-state index in [2.05, 4.69) is 77.0 Å². The molecule has 0 aliphatic carbocycles. The number of fused-ring (bicyclic) bond motifs is 1. The molecule has 3 aliphatic heterocycles. The highest BCUT2D eigenvalue weighted by atomic mass is 19.1. The molecule has 3 aliphatic rings. The van der Waals surface area contributed by atoms with E-state index in [0.717, 1.165) is 25.2 Å². The highest BCUT2D eigenvalue weighted by molar-refractivity contribution is 5.16. The zero-order chi connectivity index (χ0) is 21.1. The number of halogens is 1. The summed E-state index contributed by atoms with van der Waals surface area (Å²) in [6.45, 7) is 24.6. The predicted octanol–water partition coefficient (Wildman–Crippen LogP) is 4.95. The molecule has 0 radical (unpaired) electrons. The molecule has 0 saturated carbocycles. The second kappa shape index (κ2) is 7.20. The maximum Gasteiger partial charge on any atom is 0.118 e. The molecule has 3 fully saturated rings. The van der Waals surface area contributed by atoms with Gasteiger partial charge in [0.25, 0.3) is 0 Å². The molecule has 2 unspecified atom stereocenters. The van der Waals surface area contributed by atoms with Gasteiger partial charge in [0.05, 0.1) is 0 Å². The third-order valence-electron chi connectivity index (χ3n) is 8.25. The Labute approximate surface area is 174 Å². The number of likely N-dealkylation sites (tertiary alicyclic amines) is 2. The summed E-state index contributed by atoms with van der Waals surface area (Å²) in [5.74, 6) is 0. The Morgan fingerprint density at radius 1 is 0.929 bits per heavy atom. The molecule has 4 heteroatoms. The number of piperazine rings is 1. The second-order valence-electron chi connectivity index (χ2n) is 12.6. The van der Waals surface area contributed by atoms with Gasteiger partial charge in [0.1, 0.15) is 5.67 Å². The van der Waals surface area contributed by atoms with Crippen LogP contribution in [0.15, 0.2) is 0 Å². The van der Waals surface area contributed by atoms with Gasteiger partial charge in [0.2, 0.25) is 0 Å². The summed E-state index contributed by atoms with van der Waals surface area (Å²) in [5, 5.41) is 0. The standard InChI is InChI=1S/C24H46FN3/c1-18(26-14-12-24(25,13-15-26)21(2,3)4)10-11-23(8,9)27-16-19-20(17-27)28(19)22(5,6)7/h18-20H,10-17H2,1-9H3/t18?,19-,20+,28?. The Balaban J connectivity index is 1.45. The smallest absolute Gasteiger partial charge is 0.118 e. The van der Waals surface area contributed by atoms with E-state index in [0.29, 0.717) is 24.4 Å². The van der Waals surface area contributed by atoms with Gasteiger partial charge in [-0.15, -0.1) is 0 Å². The van der Waals surface area contributed by atoms with E-state index >= 15 is 4.39 Å². The third-order valence-corrected chi connectivity index (χ3v) is 8.25. The number of piperidine rings is 1. The topological polar surface area (TPSA) is 9.49 Å². The first-order valence-electron chi connectivity index (χ1n) is 11.6. The molecule has 0 bridgehead atoms. The van der Waals surface area contributed by atoms with Gasteiger partial charge in [-0.2, -0.15) is 0 Å². The molecular formula is C24H46FN3. The van der Waals surface area contributed by atoms with Gasteiger partial charge in [0.15, 0.2) is 0 Å². The summed E-state index contributed by atoms with van der Waals surface area (Å²) < 4.78 is 15.2. The lowest BCUT2D eigenvalue weighted by Crippen LogP contribution is -2.52. The van der Waals surface area contributed by atoms with Crippen molar-refractivity contribution in [2.75, 3.05) is 26.2 Å². The van der Waals surface area contributed by atoms with Crippen LogP contribution in [-0.4, -0.2) is 75.8 Å². The van der Waals surface area contributed by atoms with Crippen molar-refractivity contribution in [3.63, 3.8) is 0 Å². The first kappa shape index (κ1) is 22.5. The van der Waals surface area contributed by atoms with Gasteiger partial charge in [-0.25, -0.2) is 4.39 Å². The van der Waals surface area contributed by atoms with Gasteiger partial charge in [0, 0.05) is 55.4 Å². The maximum atomic E-state index is 15.2. The van der Waals surface area contributed by atoms with Crippen molar-refractivity contribution < 1.29 is 4.39 Å². The Kier molecular flexibility index (Phi) is 5.78. The molecule has 0 aromatic heterocycles. The quantitative estimate of drug-likeness (QED) is 0.610. The molecule has 3 heterocycles. The van der Waals surface area contributed by atoms with Gasteiger partial charge in [-0.05, 0) is 72.6 Å². The predicted molar refractivity (Wildman–Crippen MR) is 118 cm³/mol. The zero-order valence-electron chi connectivity index (χ0n) is 20.1. The minimum atomic E-state index is -1.00. The highest BCUT2D eigenvalue weighted by Crippen LogP contribution is 2.45. The first-order chi connectivity index (χ1) is 12.7. The monoisotopic (exact) mass is 395 g/mol. The van der Waals surface area contributed by atoms with Crippen LogP contribution in [0.1, 0.15) is 88.0 Å². The van der Waals surface area contributed by atoms with Gasteiger partial charge >= 0.3 is 0 Å². The van der Waals surface area contributed by atoms with Gasteiger partial charge in [-0.1, -0.05) is 20.8 Å². The number of alkyl halides is 1. The molecule has 0 aromatic carbocycles. The van der Waals surface area contributed by atoms with Crippen LogP contribution >= 0.6 is 0 Å². The summed E-state index contributed by atoms with van der Waals surface area (Å²) in [4.78, 5) is 7.94. The zero-order valence-corrected chi connectivity index (χ0v) is 20.1. The van der Waals surface area contributed by atoms with Crippen molar-refractivity contribution in [3.8, 4) is 0 Å². The minimum absolute atomic E-state index is 0.248. The number of rotatable bonds is 5. The average molecular weight is 396 g/mol. The third kappa shape index (κ3) is 4.30. The van der Waals surface area contributed by atoms with E-state index in [1.165, 1.54) is 25.9 Å². The summed E-state index contributed by atoms with van der Waals surface area (Å²) in [6.07, 6.45) is 3.79. The van der Waals surface area contributed by atoms with Crippen LogP contribution < -0.4 is 0 Å². The molecule has 164 valence electrons. The first-order valence-corrected chi connectivity index (χ1v) is 11.6. The Hall–Kier alpha value is -0.190. The van der Waals surface area contributed by atoms with Crippen molar-refractivity contribution in [2.45, 2.75) is 123 Å². The van der Waals surface area contributed by atoms with E-state index in [9.17, 15) is 0 Å². The summed E-state index contributed by atoms with van der Waals surface area (Å²) in [7, 11) is 0. The number of nitrogens with zero attached hydrogens (tertiary/aromatic N) is 3. The van der Waals surface area contributed by atoms with E-state index < -0.39 is 5.67 Å². The maximum absolute atomic E-state index is 15.2. The van der Waals surface area contributed by atoms with E-state index in [4.69, 9.17) is 0 Å². The van der Waals surface area contributed by atoms with Crippen molar-refractivity contribution >= 4 is 0 Å². The fourth-order valence-electron chi connectivity index (χ4n) is 5.74. The van der Waals surface area contributed by atoms with Gasteiger partial charge < -0.3 is 4.90 Å².